The molecule has 0 bridgehead atoms. The number of likely N-dealkylation sites (N-methyl/N-ethyl adjacent to an activating group) is 1. The number of hydrogen-bond donors (Lipinski definition) is 1. The van der Waals surface area contributed by atoms with Gasteiger partial charge in [0.15, 0.2) is 0 Å². The molecule has 0 radical (unpaired) electrons. The molecule has 0 fully saturated rings. The molecule has 1 rings (SSSR count). The van der Waals surface area contributed by atoms with Gasteiger partial charge in [0.25, 0.3) is 0 Å². The molecule has 1 aromatic rings. The molecule has 2 N–H and O–H groups in total. The quantitative estimate of drug-likeness (QED) is 0.817. The maximum atomic E-state index is 6.02. The minimum atomic E-state index is 0.119. The molecule has 0 aliphatic rings. The maximum absolute atomic E-state index is 6.02. The van der Waals surface area contributed by atoms with Crippen molar-refractivity contribution in [1.29, 1.82) is 0 Å². The van der Waals surface area contributed by atoms with Gasteiger partial charge in [-0.25, -0.2) is 0 Å². The first-order valence-corrected chi connectivity index (χ1v) is 7.11. The Bertz CT molecular complexity index is 344. The molecule has 1 unspecified atom stereocenters. The van der Waals surface area contributed by atoms with Crippen molar-refractivity contribution in [3.8, 4) is 0 Å². The van der Waals surface area contributed by atoms with E-state index in [0.29, 0.717) is 6.54 Å². The summed E-state index contributed by atoms with van der Waals surface area (Å²) in [6.45, 7) is 6.07. The third-order valence-corrected chi connectivity index (χ3v) is 4.15. The fraction of sp³-hybridized carbons (Fsp3) is 0.600. The maximum Gasteiger partial charge on any atom is 0.0406 e. The van der Waals surface area contributed by atoms with Gasteiger partial charge < -0.3 is 5.73 Å². The van der Waals surface area contributed by atoms with Crippen molar-refractivity contribution in [3.63, 3.8) is 0 Å². The zero-order valence-corrected chi connectivity index (χ0v) is 12.5. The lowest BCUT2D eigenvalue weighted by atomic mass is 9.88. The van der Waals surface area contributed by atoms with Crippen molar-refractivity contribution in [2.75, 3.05) is 13.6 Å². The summed E-state index contributed by atoms with van der Waals surface area (Å²) in [5, 5.41) is 0.788. The van der Waals surface area contributed by atoms with Gasteiger partial charge in [-0.2, -0.15) is 0 Å². The minimum absolute atomic E-state index is 0.119. The molecule has 102 valence electrons. The van der Waals surface area contributed by atoms with Gasteiger partial charge in [0.2, 0.25) is 0 Å². The first-order chi connectivity index (χ1) is 8.57. The van der Waals surface area contributed by atoms with Crippen molar-refractivity contribution >= 4 is 11.6 Å². The summed E-state index contributed by atoms with van der Waals surface area (Å²) >= 11 is 5.91. The van der Waals surface area contributed by atoms with Crippen LogP contribution in [0.1, 0.15) is 38.7 Å². The number of halogens is 1. The van der Waals surface area contributed by atoms with Gasteiger partial charge >= 0.3 is 0 Å². The molecule has 0 saturated heterocycles. The van der Waals surface area contributed by atoms with Crippen LogP contribution in [0.5, 0.6) is 0 Å². The van der Waals surface area contributed by atoms with Crippen LogP contribution < -0.4 is 5.73 Å². The Labute approximate surface area is 116 Å². The van der Waals surface area contributed by atoms with E-state index in [4.69, 9.17) is 17.3 Å². The van der Waals surface area contributed by atoms with Crippen LogP contribution in [-0.4, -0.2) is 24.0 Å². The van der Waals surface area contributed by atoms with E-state index in [-0.39, 0.29) is 5.54 Å². The fourth-order valence-corrected chi connectivity index (χ4v) is 2.66. The second kappa shape index (κ2) is 7.13. The monoisotopic (exact) mass is 268 g/mol. The summed E-state index contributed by atoms with van der Waals surface area (Å²) in [5.41, 5.74) is 7.42. The van der Waals surface area contributed by atoms with Crippen molar-refractivity contribution in [2.45, 2.75) is 45.2 Å². The van der Waals surface area contributed by atoms with Gasteiger partial charge in [-0.1, -0.05) is 44.0 Å². The Morgan fingerprint density at radius 3 is 2.28 bits per heavy atom. The van der Waals surface area contributed by atoms with Crippen LogP contribution in [0.3, 0.4) is 0 Å². The molecule has 0 aromatic heterocycles. The van der Waals surface area contributed by atoms with E-state index in [2.05, 4.69) is 37.9 Å². The summed E-state index contributed by atoms with van der Waals surface area (Å²) in [6.07, 6.45) is 3.39. The predicted molar refractivity (Wildman–Crippen MR) is 79.9 cm³/mol. The normalized spacial score (nSPS) is 14.8. The van der Waals surface area contributed by atoms with Crippen LogP contribution in [0.4, 0.5) is 0 Å². The zero-order chi connectivity index (χ0) is 13.6. The second-order valence-corrected chi connectivity index (χ2v) is 5.45. The van der Waals surface area contributed by atoms with Crippen LogP contribution in [-0.2, 0) is 6.54 Å². The first-order valence-electron chi connectivity index (χ1n) is 6.73. The summed E-state index contributed by atoms with van der Waals surface area (Å²) < 4.78 is 0. The molecule has 0 aliphatic heterocycles. The summed E-state index contributed by atoms with van der Waals surface area (Å²) in [5.74, 6) is 0. The average Bonchev–Trinajstić information content (AvgIpc) is 2.38. The number of rotatable bonds is 7. The number of benzene rings is 1. The second-order valence-electron chi connectivity index (χ2n) is 5.01. The van der Waals surface area contributed by atoms with E-state index >= 15 is 0 Å². The number of nitrogens with zero attached hydrogens (tertiary/aromatic N) is 1. The van der Waals surface area contributed by atoms with E-state index in [1.165, 1.54) is 5.56 Å². The molecule has 0 spiro atoms. The van der Waals surface area contributed by atoms with E-state index in [9.17, 15) is 0 Å². The van der Waals surface area contributed by atoms with Crippen LogP contribution in [0, 0.1) is 0 Å². The first kappa shape index (κ1) is 15.5. The van der Waals surface area contributed by atoms with Crippen LogP contribution in [0.2, 0.25) is 5.02 Å². The summed E-state index contributed by atoms with van der Waals surface area (Å²) in [4.78, 5) is 2.39. The van der Waals surface area contributed by atoms with E-state index < -0.39 is 0 Å². The van der Waals surface area contributed by atoms with Crippen molar-refractivity contribution < 1.29 is 0 Å². The molecule has 0 aliphatic carbocycles. The smallest absolute Gasteiger partial charge is 0.0406 e. The van der Waals surface area contributed by atoms with E-state index in [1.807, 2.05) is 12.1 Å². The molecule has 3 heteroatoms. The molecule has 18 heavy (non-hydrogen) atoms. The summed E-state index contributed by atoms with van der Waals surface area (Å²) in [7, 11) is 2.17. The molecule has 1 aromatic carbocycles. The molecule has 2 nitrogen and oxygen atoms in total. The van der Waals surface area contributed by atoms with E-state index in [0.717, 1.165) is 30.8 Å². The standard InChI is InChI=1S/C15H25ClN2/c1-4-10-15(5-2,12-17)18(3)11-13-6-8-14(16)9-7-13/h6-9H,4-5,10-12,17H2,1-3H3. The highest BCUT2D eigenvalue weighted by Gasteiger charge is 2.30. The van der Waals surface area contributed by atoms with Crippen molar-refractivity contribution in [1.82, 2.24) is 4.90 Å². The van der Waals surface area contributed by atoms with Crippen LogP contribution >= 0.6 is 11.6 Å². The van der Waals surface area contributed by atoms with Gasteiger partial charge in [0.1, 0.15) is 0 Å². The summed E-state index contributed by atoms with van der Waals surface area (Å²) in [6, 6.07) is 8.06. The highest BCUT2D eigenvalue weighted by atomic mass is 35.5. The largest absolute Gasteiger partial charge is 0.329 e. The Balaban J connectivity index is 2.77. The third kappa shape index (κ3) is 3.71. The number of nitrogens with two attached hydrogens (primary N) is 1. The third-order valence-electron chi connectivity index (χ3n) is 3.90. The Morgan fingerprint density at radius 2 is 1.83 bits per heavy atom. The van der Waals surface area contributed by atoms with Crippen molar-refractivity contribution in [3.05, 3.63) is 34.9 Å². The molecule has 0 amide bonds. The van der Waals surface area contributed by atoms with Gasteiger partial charge in [0, 0.05) is 23.7 Å². The molecular weight excluding hydrogens is 244 g/mol. The van der Waals surface area contributed by atoms with Crippen molar-refractivity contribution in [2.24, 2.45) is 5.73 Å². The van der Waals surface area contributed by atoms with Gasteiger partial charge in [-0.15, -0.1) is 0 Å². The minimum Gasteiger partial charge on any atom is -0.329 e. The fourth-order valence-electron chi connectivity index (χ4n) is 2.54. The molecule has 0 heterocycles. The predicted octanol–water partition coefficient (Wildman–Crippen LogP) is 3.68. The molecule has 1 atom stereocenters. The van der Waals surface area contributed by atoms with E-state index in [1.54, 1.807) is 0 Å². The SMILES string of the molecule is CCCC(CC)(CN)N(C)Cc1ccc(Cl)cc1. The lowest BCUT2D eigenvalue weighted by Crippen LogP contribution is -2.51. The highest BCUT2D eigenvalue weighted by molar-refractivity contribution is 6.30. The topological polar surface area (TPSA) is 29.3 Å². The lowest BCUT2D eigenvalue weighted by molar-refractivity contribution is 0.102. The Hall–Kier alpha value is -0.570. The Morgan fingerprint density at radius 1 is 1.22 bits per heavy atom. The van der Waals surface area contributed by atoms with Gasteiger partial charge in [-0.3, -0.25) is 4.90 Å². The zero-order valence-electron chi connectivity index (χ0n) is 11.7. The average molecular weight is 269 g/mol. The van der Waals surface area contributed by atoms with Gasteiger partial charge in [-0.05, 0) is 37.6 Å². The van der Waals surface area contributed by atoms with Crippen LogP contribution in [0.25, 0.3) is 0 Å². The van der Waals surface area contributed by atoms with Crippen LogP contribution in [0.15, 0.2) is 24.3 Å². The number of hydrogen-bond acceptors (Lipinski definition) is 2. The lowest BCUT2D eigenvalue weighted by Gasteiger charge is -2.41. The molecule has 0 saturated carbocycles. The highest BCUT2D eigenvalue weighted by Crippen LogP contribution is 2.25. The van der Waals surface area contributed by atoms with Gasteiger partial charge in [0.05, 0.1) is 0 Å². The Kier molecular flexibility index (Phi) is 6.13. The molecular formula is C15H25ClN2.